The van der Waals surface area contributed by atoms with Crippen molar-refractivity contribution in [3.63, 3.8) is 0 Å². The number of fused-ring (bicyclic) bond motifs is 5. The van der Waals surface area contributed by atoms with Gasteiger partial charge in [-0.05, 0) is 73.6 Å². The Bertz CT molecular complexity index is 603. The summed E-state index contributed by atoms with van der Waals surface area (Å²) in [6.45, 7) is 0.964. The maximum atomic E-state index is 12.2. The van der Waals surface area contributed by atoms with Gasteiger partial charge in [-0.3, -0.25) is 0 Å². The van der Waals surface area contributed by atoms with Crippen molar-refractivity contribution in [2.45, 2.75) is 38.1 Å². The summed E-state index contributed by atoms with van der Waals surface area (Å²) in [6.07, 6.45) is 6.71. The molecule has 0 aromatic heterocycles. The van der Waals surface area contributed by atoms with Gasteiger partial charge in [0.05, 0.1) is 13.7 Å². The van der Waals surface area contributed by atoms with Crippen molar-refractivity contribution >= 4 is 6.03 Å². The maximum Gasteiger partial charge on any atom is 0.315 e. The molecule has 0 aliphatic heterocycles. The van der Waals surface area contributed by atoms with Crippen molar-refractivity contribution in [1.29, 1.82) is 0 Å². The van der Waals surface area contributed by atoms with Crippen LogP contribution in [0.15, 0.2) is 24.3 Å². The Hall–Kier alpha value is -1.91. The molecule has 136 valence electrons. The van der Waals surface area contributed by atoms with E-state index in [-0.39, 0.29) is 6.03 Å². The second-order valence-corrected chi connectivity index (χ2v) is 7.68. The fourth-order valence-electron chi connectivity index (χ4n) is 5.46. The van der Waals surface area contributed by atoms with Crippen LogP contribution in [0.1, 0.15) is 32.1 Å². The smallest absolute Gasteiger partial charge is 0.315 e. The minimum atomic E-state index is -0.0505. The summed E-state index contributed by atoms with van der Waals surface area (Å²) in [7, 11) is 1.64. The quantitative estimate of drug-likeness (QED) is 0.779. The number of urea groups is 1. The van der Waals surface area contributed by atoms with Crippen LogP contribution in [0.3, 0.4) is 0 Å². The van der Waals surface area contributed by atoms with Gasteiger partial charge >= 0.3 is 6.03 Å². The Balaban J connectivity index is 1.16. The third-order valence-electron chi connectivity index (χ3n) is 6.46. The molecule has 2 bridgehead atoms. The number of amides is 2. The first-order chi connectivity index (χ1) is 12.2. The number of carbonyl (C=O) groups is 1. The SMILES string of the molecule is COc1ccc(OCCNC(=O)N[C@@H]2C[C@H]3C[C@H]2[C@H]2CCC[C@H]32)cc1. The standard InChI is InChI=1S/C20H28N2O3/c1-24-14-5-7-15(8-6-14)25-10-9-21-20(23)22-19-12-13-11-18(19)17-4-2-3-16(13)17/h5-8,13,16-19H,2-4,9-12H2,1H3,(H2,21,22,23)/t13-,16-,17+,18+,19-/m1/s1. The topological polar surface area (TPSA) is 59.6 Å². The summed E-state index contributed by atoms with van der Waals surface area (Å²) in [6, 6.07) is 7.79. The predicted octanol–water partition coefficient (Wildman–Crippen LogP) is 3.20. The largest absolute Gasteiger partial charge is 0.497 e. The van der Waals surface area contributed by atoms with E-state index in [1.807, 2.05) is 24.3 Å². The zero-order chi connectivity index (χ0) is 17.2. The number of carbonyl (C=O) groups excluding carboxylic acids is 1. The maximum absolute atomic E-state index is 12.2. The van der Waals surface area contributed by atoms with Crippen LogP contribution < -0.4 is 20.1 Å². The Labute approximate surface area is 149 Å². The molecule has 4 rings (SSSR count). The Kier molecular flexibility index (Phi) is 4.73. The highest BCUT2D eigenvalue weighted by Gasteiger charge is 2.53. The number of ether oxygens (including phenoxy) is 2. The third kappa shape index (κ3) is 3.42. The van der Waals surface area contributed by atoms with Crippen LogP contribution in [0.2, 0.25) is 0 Å². The number of rotatable bonds is 6. The Morgan fingerprint density at radius 2 is 1.84 bits per heavy atom. The molecule has 3 aliphatic rings. The average molecular weight is 344 g/mol. The van der Waals surface area contributed by atoms with E-state index in [0.29, 0.717) is 19.2 Å². The molecule has 5 atom stereocenters. The molecule has 25 heavy (non-hydrogen) atoms. The van der Waals surface area contributed by atoms with E-state index in [1.165, 1.54) is 32.1 Å². The minimum absolute atomic E-state index is 0.0505. The van der Waals surface area contributed by atoms with Gasteiger partial charge in [0.25, 0.3) is 0 Å². The van der Waals surface area contributed by atoms with Crippen molar-refractivity contribution in [1.82, 2.24) is 10.6 Å². The molecule has 3 aliphatic carbocycles. The van der Waals surface area contributed by atoms with Gasteiger partial charge in [0, 0.05) is 6.04 Å². The normalized spacial score (nSPS) is 32.3. The third-order valence-corrected chi connectivity index (χ3v) is 6.46. The molecule has 0 unspecified atom stereocenters. The Morgan fingerprint density at radius 3 is 2.64 bits per heavy atom. The van der Waals surface area contributed by atoms with E-state index in [1.54, 1.807) is 7.11 Å². The van der Waals surface area contributed by atoms with Crippen molar-refractivity contribution in [2.24, 2.45) is 23.7 Å². The lowest BCUT2D eigenvalue weighted by Crippen LogP contribution is -2.47. The molecule has 3 fully saturated rings. The number of methoxy groups -OCH3 is 1. The van der Waals surface area contributed by atoms with Gasteiger partial charge in [-0.2, -0.15) is 0 Å². The molecule has 0 spiro atoms. The molecule has 5 nitrogen and oxygen atoms in total. The summed E-state index contributed by atoms with van der Waals surface area (Å²) in [4.78, 5) is 12.2. The van der Waals surface area contributed by atoms with Gasteiger partial charge in [0.1, 0.15) is 18.1 Å². The number of nitrogens with one attached hydrogen (secondary N) is 2. The lowest BCUT2D eigenvalue weighted by molar-refractivity contribution is 0.196. The fourth-order valence-corrected chi connectivity index (χ4v) is 5.46. The lowest BCUT2D eigenvalue weighted by Gasteiger charge is -2.32. The van der Waals surface area contributed by atoms with Crippen LogP contribution in [0.5, 0.6) is 11.5 Å². The van der Waals surface area contributed by atoms with Crippen LogP contribution in [-0.4, -0.2) is 32.3 Å². The van der Waals surface area contributed by atoms with Gasteiger partial charge in [-0.25, -0.2) is 4.79 Å². The first kappa shape index (κ1) is 16.6. The summed E-state index contributed by atoms with van der Waals surface area (Å²) < 4.78 is 10.7. The number of hydrogen-bond acceptors (Lipinski definition) is 3. The van der Waals surface area contributed by atoms with E-state index < -0.39 is 0 Å². The zero-order valence-electron chi connectivity index (χ0n) is 14.9. The second-order valence-electron chi connectivity index (χ2n) is 7.68. The van der Waals surface area contributed by atoms with Crippen LogP contribution >= 0.6 is 0 Å². The molecule has 3 saturated carbocycles. The van der Waals surface area contributed by atoms with Gasteiger partial charge in [0.2, 0.25) is 0 Å². The number of benzene rings is 1. The Morgan fingerprint density at radius 1 is 1.08 bits per heavy atom. The van der Waals surface area contributed by atoms with E-state index in [4.69, 9.17) is 9.47 Å². The van der Waals surface area contributed by atoms with Gasteiger partial charge in [-0.15, -0.1) is 0 Å². The van der Waals surface area contributed by atoms with Gasteiger partial charge < -0.3 is 20.1 Å². The summed E-state index contributed by atoms with van der Waals surface area (Å²) in [5.41, 5.74) is 0. The molecule has 0 radical (unpaired) electrons. The summed E-state index contributed by atoms with van der Waals surface area (Å²) in [5.74, 6) is 5.01. The van der Waals surface area contributed by atoms with Crippen LogP contribution in [-0.2, 0) is 0 Å². The average Bonchev–Trinajstić information content (AvgIpc) is 3.32. The van der Waals surface area contributed by atoms with E-state index in [9.17, 15) is 4.79 Å². The molecule has 5 heteroatoms. The first-order valence-electron chi connectivity index (χ1n) is 9.56. The predicted molar refractivity (Wildman–Crippen MR) is 95.9 cm³/mol. The van der Waals surface area contributed by atoms with Crippen LogP contribution in [0, 0.1) is 23.7 Å². The molecule has 2 N–H and O–H groups in total. The van der Waals surface area contributed by atoms with E-state index in [2.05, 4.69) is 10.6 Å². The molecule has 0 saturated heterocycles. The van der Waals surface area contributed by atoms with E-state index in [0.717, 1.165) is 35.2 Å². The molecular formula is C20H28N2O3. The molecule has 2 amide bonds. The number of hydrogen-bond donors (Lipinski definition) is 2. The highest BCUT2D eigenvalue weighted by Crippen LogP contribution is 2.58. The van der Waals surface area contributed by atoms with E-state index >= 15 is 0 Å². The monoisotopic (exact) mass is 344 g/mol. The van der Waals surface area contributed by atoms with Crippen molar-refractivity contribution < 1.29 is 14.3 Å². The summed E-state index contributed by atoms with van der Waals surface area (Å²) in [5, 5.41) is 6.14. The van der Waals surface area contributed by atoms with Crippen molar-refractivity contribution in [3.05, 3.63) is 24.3 Å². The van der Waals surface area contributed by atoms with Gasteiger partial charge in [-0.1, -0.05) is 6.42 Å². The highest BCUT2D eigenvalue weighted by atomic mass is 16.5. The molecule has 1 aromatic rings. The van der Waals surface area contributed by atoms with Crippen molar-refractivity contribution in [3.8, 4) is 11.5 Å². The van der Waals surface area contributed by atoms with Gasteiger partial charge in [0.15, 0.2) is 0 Å². The second kappa shape index (κ2) is 7.14. The van der Waals surface area contributed by atoms with Crippen LogP contribution in [0.4, 0.5) is 4.79 Å². The lowest BCUT2D eigenvalue weighted by atomic mass is 9.79. The molecular weight excluding hydrogens is 316 g/mol. The van der Waals surface area contributed by atoms with Crippen molar-refractivity contribution in [2.75, 3.05) is 20.3 Å². The fraction of sp³-hybridized carbons (Fsp3) is 0.650. The molecule has 0 heterocycles. The van der Waals surface area contributed by atoms with Crippen LogP contribution in [0.25, 0.3) is 0 Å². The zero-order valence-corrected chi connectivity index (χ0v) is 14.9. The highest BCUT2D eigenvalue weighted by molar-refractivity contribution is 5.74. The molecule has 1 aromatic carbocycles. The minimum Gasteiger partial charge on any atom is -0.497 e. The summed E-state index contributed by atoms with van der Waals surface area (Å²) >= 11 is 0. The first-order valence-corrected chi connectivity index (χ1v) is 9.56.